The van der Waals surface area contributed by atoms with Crippen LogP contribution in [0.4, 0.5) is 13.2 Å². The van der Waals surface area contributed by atoms with E-state index in [9.17, 15) is 22.8 Å². The first-order valence-electron chi connectivity index (χ1n) is 10.3. The molecule has 1 N–H and O–H groups in total. The number of alkyl halides is 3. The molecule has 2 heterocycles. The second-order valence-corrected chi connectivity index (χ2v) is 9.10. The molecule has 0 radical (unpaired) electrons. The van der Waals surface area contributed by atoms with Gasteiger partial charge in [-0.3, -0.25) is 9.59 Å². The fourth-order valence-corrected chi connectivity index (χ4v) is 5.43. The number of nitrogens with one attached hydrogen (secondary N) is 1. The van der Waals surface area contributed by atoms with Gasteiger partial charge in [-0.15, -0.1) is 0 Å². The van der Waals surface area contributed by atoms with Gasteiger partial charge in [0, 0.05) is 19.5 Å². The van der Waals surface area contributed by atoms with E-state index in [2.05, 4.69) is 5.32 Å². The SMILES string of the molecule is O=C1CCC2(CN(C(=O)C3(C4(C(F)(F)F)CC4)C=CC(c4ccccc4)=CC3)C2)N1. The van der Waals surface area contributed by atoms with Crippen molar-refractivity contribution in [2.24, 2.45) is 10.8 Å². The first-order chi connectivity index (χ1) is 14.2. The van der Waals surface area contributed by atoms with Gasteiger partial charge in [0.1, 0.15) is 0 Å². The third-order valence-electron chi connectivity index (χ3n) is 7.34. The molecule has 2 aliphatic heterocycles. The normalized spacial score (nSPS) is 28.7. The van der Waals surface area contributed by atoms with Crippen molar-refractivity contribution in [2.45, 2.75) is 43.8 Å². The van der Waals surface area contributed by atoms with Crippen LogP contribution in [0.25, 0.3) is 5.57 Å². The van der Waals surface area contributed by atoms with E-state index in [0.29, 0.717) is 12.8 Å². The van der Waals surface area contributed by atoms with Gasteiger partial charge in [0.25, 0.3) is 0 Å². The molecule has 30 heavy (non-hydrogen) atoms. The van der Waals surface area contributed by atoms with E-state index in [1.54, 1.807) is 12.2 Å². The smallest absolute Gasteiger partial charge is 0.347 e. The van der Waals surface area contributed by atoms with E-state index in [4.69, 9.17) is 0 Å². The molecule has 5 rings (SSSR count). The molecule has 1 aromatic rings. The van der Waals surface area contributed by atoms with Crippen LogP contribution in [-0.2, 0) is 9.59 Å². The van der Waals surface area contributed by atoms with Crippen molar-refractivity contribution in [1.82, 2.24) is 10.2 Å². The maximum atomic E-state index is 14.2. The fourth-order valence-electron chi connectivity index (χ4n) is 5.43. The summed E-state index contributed by atoms with van der Waals surface area (Å²) in [7, 11) is 0. The van der Waals surface area contributed by atoms with Crippen molar-refractivity contribution < 1.29 is 22.8 Å². The van der Waals surface area contributed by atoms with E-state index >= 15 is 0 Å². The Hall–Kier alpha value is -2.57. The van der Waals surface area contributed by atoms with Crippen LogP contribution in [0.1, 0.15) is 37.7 Å². The number of rotatable bonds is 3. The van der Waals surface area contributed by atoms with Gasteiger partial charge in [-0.05, 0) is 36.8 Å². The zero-order valence-electron chi connectivity index (χ0n) is 16.5. The summed E-state index contributed by atoms with van der Waals surface area (Å²) in [5.41, 5.74) is -2.32. The van der Waals surface area contributed by atoms with Gasteiger partial charge in [0.2, 0.25) is 11.8 Å². The van der Waals surface area contributed by atoms with E-state index in [1.165, 1.54) is 11.0 Å². The van der Waals surface area contributed by atoms with Crippen LogP contribution in [0.2, 0.25) is 0 Å². The Kier molecular flexibility index (Phi) is 4.02. The lowest BCUT2D eigenvalue weighted by Crippen LogP contribution is -2.71. The molecule has 1 spiro atoms. The molecule has 1 unspecified atom stereocenters. The van der Waals surface area contributed by atoms with Gasteiger partial charge in [0.15, 0.2) is 0 Å². The molecule has 4 nitrogen and oxygen atoms in total. The monoisotopic (exact) mass is 416 g/mol. The molecule has 4 aliphatic rings. The van der Waals surface area contributed by atoms with Crippen molar-refractivity contribution in [3.63, 3.8) is 0 Å². The summed E-state index contributed by atoms with van der Waals surface area (Å²) in [6.45, 7) is 0.576. The Morgan fingerprint density at radius 2 is 1.77 bits per heavy atom. The lowest BCUT2D eigenvalue weighted by Gasteiger charge is -2.52. The molecule has 2 aliphatic carbocycles. The summed E-state index contributed by atoms with van der Waals surface area (Å²) in [5, 5.41) is 2.90. The number of halogens is 3. The highest BCUT2D eigenvalue weighted by Crippen LogP contribution is 2.70. The maximum absolute atomic E-state index is 14.2. The Balaban J connectivity index is 1.45. The van der Waals surface area contributed by atoms with E-state index < -0.39 is 28.5 Å². The average Bonchev–Trinajstić information content (AvgIpc) is 3.45. The summed E-state index contributed by atoms with van der Waals surface area (Å²) in [5.74, 6) is -0.525. The number of carbonyl (C=O) groups excluding carboxylic acids is 2. The molecule has 1 aromatic carbocycles. The maximum Gasteiger partial charge on any atom is 0.395 e. The lowest BCUT2D eigenvalue weighted by molar-refractivity contribution is -0.220. The van der Waals surface area contributed by atoms with Crippen molar-refractivity contribution in [3.8, 4) is 0 Å². The second kappa shape index (κ2) is 6.22. The largest absolute Gasteiger partial charge is 0.395 e. The summed E-state index contributed by atoms with van der Waals surface area (Å²) in [4.78, 5) is 26.6. The van der Waals surface area contributed by atoms with Crippen LogP contribution in [-0.4, -0.2) is 41.5 Å². The van der Waals surface area contributed by atoms with Gasteiger partial charge in [0.05, 0.1) is 16.4 Å². The quantitative estimate of drug-likeness (QED) is 0.814. The average molecular weight is 416 g/mol. The van der Waals surface area contributed by atoms with Crippen LogP contribution >= 0.6 is 0 Å². The molecule has 2 amide bonds. The Bertz CT molecular complexity index is 956. The highest BCUT2D eigenvalue weighted by Gasteiger charge is 2.75. The molecule has 7 heteroatoms. The second-order valence-electron chi connectivity index (χ2n) is 9.10. The Morgan fingerprint density at radius 1 is 1.07 bits per heavy atom. The predicted molar refractivity (Wildman–Crippen MR) is 105 cm³/mol. The van der Waals surface area contributed by atoms with E-state index in [0.717, 1.165) is 11.1 Å². The van der Waals surface area contributed by atoms with Crippen molar-refractivity contribution >= 4 is 17.4 Å². The number of amides is 2. The van der Waals surface area contributed by atoms with Crippen LogP contribution < -0.4 is 5.32 Å². The van der Waals surface area contributed by atoms with Crippen molar-refractivity contribution in [1.29, 1.82) is 0 Å². The Labute approximate surface area is 172 Å². The minimum atomic E-state index is -4.45. The summed E-state index contributed by atoms with van der Waals surface area (Å²) in [6.07, 6.45) is 1.51. The summed E-state index contributed by atoms with van der Waals surface area (Å²) >= 11 is 0. The highest BCUT2D eigenvalue weighted by molar-refractivity contribution is 5.91. The summed E-state index contributed by atoms with van der Waals surface area (Å²) in [6, 6.07) is 9.46. The Morgan fingerprint density at radius 3 is 2.27 bits per heavy atom. The van der Waals surface area contributed by atoms with Crippen molar-refractivity contribution in [2.75, 3.05) is 13.1 Å². The van der Waals surface area contributed by atoms with Crippen LogP contribution in [0.3, 0.4) is 0 Å². The number of carbonyl (C=O) groups is 2. The highest BCUT2D eigenvalue weighted by atomic mass is 19.4. The molecule has 0 aromatic heterocycles. The molecule has 3 fully saturated rings. The first kappa shape index (κ1) is 19.4. The molecule has 158 valence electrons. The molecule has 2 saturated heterocycles. The first-order valence-corrected chi connectivity index (χ1v) is 10.3. The third-order valence-corrected chi connectivity index (χ3v) is 7.34. The molecular weight excluding hydrogens is 393 g/mol. The van der Waals surface area contributed by atoms with Crippen LogP contribution in [0.5, 0.6) is 0 Å². The van der Waals surface area contributed by atoms with Gasteiger partial charge in [-0.25, -0.2) is 0 Å². The summed E-state index contributed by atoms with van der Waals surface area (Å²) < 4.78 is 42.5. The van der Waals surface area contributed by atoms with Gasteiger partial charge in [-0.2, -0.15) is 13.2 Å². The molecule has 1 atom stereocenters. The van der Waals surface area contributed by atoms with Gasteiger partial charge in [-0.1, -0.05) is 48.6 Å². The number of likely N-dealkylation sites (tertiary alicyclic amines) is 1. The molecule has 0 bridgehead atoms. The van der Waals surface area contributed by atoms with Gasteiger partial charge >= 0.3 is 6.18 Å². The standard InChI is InChI=1S/C23H23F3N2O2/c24-23(25,26)22(12-13-22)21(10-6-17(7-11-21)16-4-2-1-3-5-16)19(30)28-14-20(15-28)9-8-18(29)27-20/h1-7,10H,8-9,11-15H2,(H,27,29). The van der Waals surface area contributed by atoms with Crippen LogP contribution in [0.15, 0.2) is 48.6 Å². The number of allylic oxidation sites excluding steroid dienone is 3. The fraction of sp³-hybridized carbons (Fsp3) is 0.478. The number of hydrogen-bond acceptors (Lipinski definition) is 2. The number of hydrogen-bond donors (Lipinski definition) is 1. The minimum absolute atomic E-state index is 0.0297. The van der Waals surface area contributed by atoms with Crippen LogP contribution in [0, 0.1) is 10.8 Å². The number of benzene rings is 1. The molecular formula is C23H23F3N2O2. The van der Waals surface area contributed by atoms with Gasteiger partial charge < -0.3 is 10.2 Å². The topological polar surface area (TPSA) is 49.4 Å². The number of nitrogens with zero attached hydrogens (tertiary/aromatic N) is 1. The van der Waals surface area contributed by atoms with Crippen molar-refractivity contribution in [3.05, 3.63) is 54.1 Å². The zero-order valence-corrected chi connectivity index (χ0v) is 16.5. The lowest BCUT2D eigenvalue weighted by atomic mass is 9.65. The third kappa shape index (κ3) is 2.67. The molecule has 1 saturated carbocycles. The minimum Gasteiger partial charge on any atom is -0.347 e. The predicted octanol–water partition coefficient (Wildman–Crippen LogP) is 3.85. The zero-order chi connectivity index (χ0) is 21.2. The van der Waals surface area contributed by atoms with E-state index in [1.807, 2.05) is 30.3 Å². The van der Waals surface area contributed by atoms with E-state index in [-0.39, 0.29) is 38.3 Å².